The van der Waals surface area contributed by atoms with Gasteiger partial charge in [-0.05, 0) is 37.6 Å². The Labute approximate surface area is 167 Å². The van der Waals surface area contributed by atoms with Crippen LogP contribution in [0.25, 0.3) is 10.9 Å². The fourth-order valence-electron chi connectivity index (χ4n) is 2.91. The molecule has 1 N–H and O–H groups in total. The molecular weight excluding hydrogens is 376 g/mol. The van der Waals surface area contributed by atoms with Gasteiger partial charge in [0.25, 0.3) is 5.56 Å². The summed E-state index contributed by atoms with van der Waals surface area (Å²) in [5.74, 6) is -0.483. The number of esters is 1. The lowest BCUT2D eigenvalue weighted by atomic mass is 10.1. The van der Waals surface area contributed by atoms with Crippen molar-refractivity contribution in [2.75, 3.05) is 7.11 Å². The van der Waals surface area contributed by atoms with E-state index in [4.69, 9.17) is 4.74 Å². The number of aliphatic hydroxyl groups is 1. The van der Waals surface area contributed by atoms with Gasteiger partial charge < -0.3 is 9.84 Å². The first kappa shape index (κ1) is 20.1. The molecule has 7 heteroatoms. The highest BCUT2D eigenvalue weighted by molar-refractivity contribution is 7.99. The molecule has 3 aromatic rings. The zero-order valence-corrected chi connectivity index (χ0v) is 16.8. The van der Waals surface area contributed by atoms with Crippen molar-refractivity contribution in [1.82, 2.24) is 9.55 Å². The van der Waals surface area contributed by atoms with Gasteiger partial charge in [0, 0.05) is 5.25 Å². The maximum Gasteiger partial charge on any atom is 0.337 e. The number of fused-ring (bicyclic) bond motifs is 1. The summed E-state index contributed by atoms with van der Waals surface area (Å²) >= 11 is 1.44. The number of methoxy groups -OCH3 is 1. The summed E-state index contributed by atoms with van der Waals surface area (Å²) in [6.07, 6.45) is -0.697. The van der Waals surface area contributed by atoms with Gasteiger partial charge in [0.15, 0.2) is 5.16 Å². The first-order valence-corrected chi connectivity index (χ1v) is 9.81. The highest BCUT2D eigenvalue weighted by atomic mass is 32.2. The fraction of sp³-hybridized carbons (Fsp3) is 0.286. The normalized spacial score (nSPS) is 13.3. The van der Waals surface area contributed by atoms with Crippen LogP contribution in [0.5, 0.6) is 0 Å². The lowest BCUT2D eigenvalue weighted by Gasteiger charge is -2.17. The molecule has 3 rings (SSSR count). The van der Waals surface area contributed by atoms with E-state index in [-0.39, 0.29) is 17.4 Å². The van der Waals surface area contributed by atoms with Crippen molar-refractivity contribution in [1.29, 1.82) is 0 Å². The number of aromatic nitrogens is 2. The van der Waals surface area contributed by atoms with Gasteiger partial charge in [-0.3, -0.25) is 9.36 Å². The molecule has 0 saturated heterocycles. The molecule has 28 heavy (non-hydrogen) atoms. The molecule has 0 radical (unpaired) electrons. The van der Waals surface area contributed by atoms with Gasteiger partial charge in [-0.15, -0.1) is 0 Å². The van der Waals surface area contributed by atoms with Crippen LogP contribution in [-0.2, 0) is 11.3 Å². The van der Waals surface area contributed by atoms with Crippen molar-refractivity contribution < 1.29 is 14.6 Å². The molecule has 0 fully saturated rings. The Hall–Kier alpha value is -2.64. The van der Waals surface area contributed by atoms with Gasteiger partial charge in [-0.1, -0.05) is 42.1 Å². The van der Waals surface area contributed by atoms with Crippen LogP contribution in [0.1, 0.15) is 35.0 Å². The molecule has 0 aliphatic carbocycles. The van der Waals surface area contributed by atoms with Crippen LogP contribution in [0.3, 0.4) is 0 Å². The Bertz CT molecular complexity index is 1050. The Kier molecular flexibility index (Phi) is 6.16. The maximum absolute atomic E-state index is 13.0. The van der Waals surface area contributed by atoms with Crippen molar-refractivity contribution >= 4 is 28.6 Å². The largest absolute Gasteiger partial charge is 0.465 e. The predicted molar refractivity (Wildman–Crippen MR) is 110 cm³/mol. The number of nitrogens with zero attached hydrogens (tertiary/aromatic N) is 2. The van der Waals surface area contributed by atoms with Gasteiger partial charge in [-0.25, -0.2) is 9.78 Å². The molecule has 1 aromatic heterocycles. The quantitative estimate of drug-likeness (QED) is 0.389. The Morgan fingerprint density at radius 3 is 2.57 bits per heavy atom. The minimum Gasteiger partial charge on any atom is -0.465 e. The number of thioether (sulfide) groups is 1. The molecular formula is C21H22N2O4S. The number of carbonyl (C=O) groups is 1. The average Bonchev–Trinajstić information content (AvgIpc) is 2.70. The van der Waals surface area contributed by atoms with Gasteiger partial charge >= 0.3 is 5.97 Å². The van der Waals surface area contributed by atoms with E-state index in [0.717, 1.165) is 5.56 Å². The van der Waals surface area contributed by atoms with Crippen LogP contribution >= 0.6 is 11.8 Å². The van der Waals surface area contributed by atoms with Crippen molar-refractivity contribution in [2.45, 2.75) is 36.9 Å². The number of carbonyl (C=O) groups excluding carboxylic acids is 1. The number of rotatable bonds is 6. The SMILES string of the molecule is COC(=O)c1ccc2c(=O)n(C[C@H](C)O)c(S[C@@H](C)c3ccccc3)nc2c1. The lowest BCUT2D eigenvalue weighted by Crippen LogP contribution is -2.28. The molecule has 0 saturated carbocycles. The van der Waals surface area contributed by atoms with E-state index in [1.54, 1.807) is 25.1 Å². The third kappa shape index (κ3) is 4.26. The number of hydrogen-bond acceptors (Lipinski definition) is 6. The van der Waals surface area contributed by atoms with E-state index >= 15 is 0 Å². The lowest BCUT2D eigenvalue weighted by molar-refractivity contribution is 0.0601. The van der Waals surface area contributed by atoms with Crippen molar-refractivity contribution in [3.8, 4) is 0 Å². The first-order chi connectivity index (χ1) is 13.4. The van der Waals surface area contributed by atoms with Crippen LogP contribution in [0.4, 0.5) is 0 Å². The first-order valence-electron chi connectivity index (χ1n) is 8.93. The van der Waals surface area contributed by atoms with E-state index in [1.807, 2.05) is 37.3 Å². The van der Waals surface area contributed by atoms with Gasteiger partial charge in [-0.2, -0.15) is 0 Å². The number of ether oxygens (including phenoxy) is 1. The molecule has 2 atom stereocenters. The van der Waals surface area contributed by atoms with Crippen LogP contribution in [0, 0.1) is 0 Å². The molecule has 0 spiro atoms. The Balaban J connectivity index is 2.11. The van der Waals surface area contributed by atoms with Crippen molar-refractivity contribution in [3.05, 3.63) is 70.0 Å². The summed E-state index contributed by atoms with van der Waals surface area (Å²) in [6, 6.07) is 14.6. The second kappa shape index (κ2) is 8.58. The summed E-state index contributed by atoms with van der Waals surface area (Å²) in [5.41, 5.74) is 1.62. The van der Waals surface area contributed by atoms with E-state index in [9.17, 15) is 14.7 Å². The van der Waals surface area contributed by atoms with Gasteiger partial charge in [0.2, 0.25) is 0 Å². The smallest absolute Gasteiger partial charge is 0.337 e. The summed E-state index contributed by atoms with van der Waals surface area (Å²) in [4.78, 5) is 29.5. The zero-order chi connectivity index (χ0) is 20.3. The third-order valence-corrected chi connectivity index (χ3v) is 5.49. The van der Waals surface area contributed by atoms with E-state index < -0.39 is 12.1 Å². The zero-order valence-electron chi connectivity index (χ0n) is 16.0. The summed E-state index contributed by atoms with van der Waals surface area (Å²) in [6.45, 7) is 3.81. The Morgan fingerprint density at radius 1 is 1.21 bits per heavy atom. The standard InChI is InChI=1S/C21H22N2O4S/c1-13(24)12-23-19(25)17-10-9-16(20(26)27-3)11-18(17)22-21(23)28-14(2)15-7-5-4-6-8-15/h4-11,13-14,24H,12H2,1-3H3/t13-,14-/m0/s1. The van der Waals surface area contributed by atoms with Gasteiger partial charge in [0.05, 0.1) is 36.2 Å². The number of benzene rings is 2. The molecule has 0 unspecified atom stereocenters. The highest BCUT2D eigenvalue weighted by Gasteiger charge is 2.18. The minimum absolute atomic E-state index is 0.0505. The number of aliphatic hydroxyl groups excluding tert-OH is 1. The van der Waals surface area contributed by atoms with Crippen LogP contribution in [-0.4, -0.2) is 33.8 Å². The maximum atomic E-state index is 13.0. The second-order valence-electron chi connectivity index (χ2n) is 6.55. The Morgan fingerprint density at radius 2 is 1.93 bits per heavy atom. The topological polar surface area (TPSA) is 81.4 Å². The summed E-state index contributed by atoms with van der Waals surface area (Å²) < 4.78 is 6.25. The van der Waals surface area contributed by atoms with Crippen molar-refractivity contribution in [2.24, 2.45) is 0 Å². The monoisotopic (exact) mass is 398 g/mol. The molecule has 146 valence electrons. The molecule has 2 aromatic carbocycles. The fourth-order valence-corrected chi connectivity index (χ4v) is 3.96. The van der Waals surface area contributed by atoms with Crippen LogP contribution in [0.2, 0.25) is 0 Å². The highest BCUT2D eigenvalue weighted by Crippen LogP contribution is 2.33. The summed E-state index contributed by atoms with van der Waals surface area (Å²) in [7, 11) is 1.31. The van der Waals surface area contributed by atoms with Crippen molar-refractivity contribution in [3.63, 3.8) is 0 Å². The molecule has 1 heterocycles. The second-order valence-corrected chi connectivity index (χ2v) is 7.86. The summed E-state index contributed by atoms with van der Waals surface area (Å²) in [5, 5.41) is 10.8. The molecule has 0 aliphatic rings. The molecule has 0 aliphatic heterocycles. The van der Waals surface area contributed by atoms with E-state index in [2.05, 4.69) is 4.98 Å². The predicted octanol–water partition coefficient (Wildman–Crippen LogP) is 3.42. The molecule has 0 amide bonds. The van der Waals surface area contributed by atoms with E-state index in [0.29, 0.717) is 21.6 Å². The third-order valence-electron chi connectivity index (χ3n) is 4.34. The van der Waals surface area contributed by atoms with Crippen LogP contribution < -0.4 is 5.56 Å². The average molecular weight is 398 g/mol. The minimum atomic E-state index is -0.697. The van der Waals surface area contributed by atoms with E-state index in [1.165, 1.54) is 23.4 Å². The number of hydrogen-bond donors (Lipinski definition) is 1. The molecule has 6 nitrogen and oxygen atoms in total. The molecule has 0 bridgehead atoms. The van der Waals surface area contributed by atoms with Gasteiger partial charge in [0.1, 0.15) is 0 Å². The van der Waals surface area contributed by atoms with Crippen LogP contribution in [0.15, 0.2) is 58.5 Å².